The van der Waals surface area contributed by atoms with Gasteiger partial charge < -0.3 is 0 Å². The van der Waals surface area contributed by atoms with E-state index >= 15 is 0 Å². The molecule has 2 aromatic rings. The second-order valence-electron chi connectivity index (χ2n) is 10.9. The van der Waals surface area contributed by atoms with Crippen molar-refractivity contribution >= 4 is 17.2 Å². The van der Waals surface area contributed by atoms with E-state index in [4.69, 9.17) is 0 Å². The third-order valence-corrected chi connectivity index (χ3v) is 18.9. The summed E-state index contributed by atoms with van der Waals surface area (Å²) < 4.78 is 0. The average molecular weight is 435 g/mol. The molecule has 0 aliphatic heterocycles. The van der Waals surface area contributed by atoms with Crippen LogP contribution in [0.2, 0.25) is 0 Å². The Kier molecular flexibility index (Phi) is 6.57. The molecule has 0 unspecified atom stereocenters. The van der Waals surface area contributed by atoms with Crippen LogP contribution in [0.3, 0.4) is 0 Å². The van der Waals surface area contributed by atoms with E-state index in [9.17, 15) is 0 Å². The topological polar surface area (TPSA) is 0 Å². The van der Waals surface area contributed by atoms with Crippen molar-refractivity contribution in [3.63, 3.8) is 0 Å². The number of hydrogen-bond acceptors (Lipinski definition) is 0. The van der Waals surface area contributed by atoms with E-state index in [0.717, 1.165) is 17.0 Å². The van der Waals surface area contributed by atoms with Gasteiger partial charge in [0.2, 0.25) is 0 Å². The molecule has 31 heavy (non-hydrogen) atoms. The summed E-state index contributed by atoms with van der Waals surface area (Å²) in [6.07, 6.45) is 22.0. The molecule has 3 aliphatic carbocycles. The van der Waals surface area contributed by atoms with E-state index in [1.807, 2.05) is 10.6 Å². The van der Waals surface area contributed by atoms with Gasteiger partial charge in [0, 0.05) is 0 Å². The van der Waals surface area contributed by atoms with Crippen molar-refractivity contribution in [2.45, 2.75) is 113 Å². The predicted molar refractivity (Wildman–Crippen MR) is 140 cm³/mol. The minimum absolute atomic E-state index is 0.913. The quantitative estimate of drug-likeness (QED) is 0.416. The predicted octanol–water partition coefficient (Wildman–Crippen LogP) is 8.19. The van der Waals surface area contributed by atoms with Crippen molar-refractivity contribution in [1.82, 2.24) is 0 Å². The average Bonchev–Trinajstić information content (AvgIpc) is 2.88. The normalized spacial score (nSPS) is 23.8. The fourth-order valence-electron chi connectivity index (χ4n) is 8.74. The maximum absolute atomic E-state index is 2.61. The minimum atomic E-state index is -2.43. The first kappa shape index (κ1) is 21.7. The summed E-state index contributed by atoms with van der Waals surface area (Å²) >= 11 is 0. The Balaban J connectivity index is 1.87. The van der Waals surface area contributed by atoms with Crippen molar-refractivity contribution in [2.75, 3.05) is 0 Å². The van der Waals surface area contributed by atoms with E-state index in [-0.39, 0.29) is 0 Å². The SMILES string of the molecule is c1ccc(P(c2ccccc2)(C2CCCCC2)(C2CCCCC2)C2CCCCC2)cc1. The van der Waals surface area contributed by atoms with Gasteiger partial charge in [-0.05, 0) is 0 Å². The van der Waals surface area contributed by atoms with Crippen LogP contribution in [0.25, 0.3) is 0 Å². The van der Waals surface area contributed by atoms with E-state index < -0.39 is 6.60 Å². The molecule has 5 rings (SSSR count). The third kappa shape index (κ3) is 3.35. The Morgan fingerprint density at radius 1 is 0.387 bits per heavy atom. The second kappa shape index (κ2) is 9.39. The molecule has 3 saturated carbocycles. The Bertz CT molecular complexity index is 716. The van der Waals surface area contributed by atoms with Crippen LogP contribution in [0.1, 0.15) is 96.3 Å². The summed E-state index contributed by atoms with van der Waals surface area (Å²) in [6, 6.07) is 24.5. The van der Waals surface area contributed by atoms with Crippen molar-refractivity contribution < 1.29 is 0 Å². The number of benzene rings is 2. The van der Waals surface area contributed by atoms with E-state index in [0.29, 0.717) is 0 Å². The van der Waals surface area contributed by atoms with Crippen molar-refractivity contribution in [3.05, 3.63) is 60.7 Å². The molecule has 2 aromatic carbocycles. The first-order valence-electron chi connectivity index (χ1n) is 13.5. The van der Waals surface area contributed by atoms with Gasteiger partial charge in [0.15, 0.2) is 0 Å². The molecule has 0 spiro atoms. The zero-order valence-corrected chi connectivity index (χ0v) is 20.5. The standard InChI is InChI=1S/C30H43P/c1-6-16-26(17-7-1)31(27-18-8-2-9-19-27,28-20-10-3-11-21-28,29-22-12-4-13-23-29)30-24-14-5-15-25-30/h1-2,6-9,16-19,28-30H,3-5,10-15,20-25H2. The Labute approximate surface area is 191 Å². The molecule has 168 valence electrons. The van der Waals surface area contributed by atoms with Gasteiger partial charge in [-0.15, -0.1) is 0 Å². The van der Waals surface area contributed by atoms with Gasteiger partial charge in [0.25, 0.3) is 0 Å². The molecule has 0 N–H and O–H groups in total. The first-order valence-corrected chi connectivity index (χ1v) is 15.9. The summed E-state index contributed by atoms with van der Waals surface area (Å²) in [7, 11) is 0. The fourth-order valence-corrected chi connectivity index (χ4v) is 19.5. The van der Waals surface area contributed by atoms with Crippen LogP contribution in [0, 0.1) is 0 Å². The second-order valence-corrected chi connectivity index (χ2v) is 16.8. The van der Waals surface area contributed by atoms with Gasteiger partial charge in [-0.1, -0.05) is 0 Å². The third-order valence-electron chi connectivity index (χ3n) is 9.75. The summed E-state index contributed by atoms with van der Waals surface area (Å²) in [5, 5.41) is 3.62. The molecule has 0 aromatic heterocycles. The molecule has 3 fully saturated rings. The maximum atomic E-state index is 2.61. The molecule has 0 atom stereocenters. The van der Waals surface area contributed by atoms with Gasteiger partial charge in [-0.2, -0.15) is 0 Å². The number of rotatable bonds is 5. The molecule has 0 saturated heterocycles. The number of hydrogen-bond donors (Lipinski definition) is 0. The van der Waals surface area contributed by atoms with Gasteiger partial charge in [-0.25, -0.2) is 0 Å². The van der Waals surface area contributed by atoms with Gasteiger partial charge in [-0.3, -0.25) is 0 Å². The molecular formula is C30H43P. The molecule has 0 radical (unpaired) electrons. The molecular weight excluding hydrogens is 391 g/mol. The molecule has 0 bridgehead atoms. The van der Waals surface area contributed by atoms with E-state index in [1.165, 1.54) is 96.3 Å². The summed E-state index contributed by atoms with van der Waals surface area (Å²) in [4.78, 5) is 0. The molecule has 0 amide bonds. The van der Waals surface area contributed by atoms with Gasteiger partial charge in [0.05, 0.1) is 0 Å². The molecule has 0 nitrogen and oxygen atoms in total. The summed E-state index contributed by atoms with van der Waals surface area (Å²) in [6.45, 7) is -2.43. The monoisotopic (exact) mass is 434 g/mol. The van der Waals surface area contributed by atoms with Crippen LogP contribution in [0.4, 0.5) is 0 Å². The van der Waals surface area contributed by atoms with Crippen molar-refractivity contribution in [2.24, 2.45) is 0 Å². The Morgan fingerprint density at radius 2 is 0.677 bits per heavy atom. The molecule has 0 heterocycles. The Hall–Kier alpha value is -1.13. The molecule has 1 heteroatoms. The van der Waals surface area contributed by atoms with Crippen LogP contribution >= 0.6 is 6.60 Å². The van der Waals surface area contributed by atoms with Crippen LogP contribution in [-0.2, 0) is 0 Å². The van der Waals surface area contributed by atoms with E-state index in [2.05, 4.69) is 60.7 Å². The van der Waals surface area contributed by atoms with Crippen LogP contribution in [0.5, 0.6) is 0 Å². The van der Waals surface area contributed by atoms with Crippen LogP contribution in [-0.4, -0.2) is 17.0 Å². The fraction of sp³-hybridized carbons (Fsp3) is 0.600. The summed E-state index contributed by atoms with van der Waals surface area (Å²) in [5.41, 5.74) is 2.74. The zero-order chi connectivity index (χ0) is 21.0. The molecule has 3 aliphatic rings. The summed E-state index contributed by atoms with van der Waals surface area (Å²) in [5.74, 6) is 0. The van der Waals surface area contributed by atoms with Crippen molar-refractivity contribution in [3.8, 4) is 0 Å². The Morgan fingerprint density at radius 3 is 0.968 bits per heavy atom. The van der Waals surface area contributed by atoms with Crippen molar-refractivity contribution in [1.29, 1.82) is 0 Å². The van der Waals surface area contributed by atoms with Crippen LogP contribution < -0.4 is 10.6 Å². The van der Waals surface area contributed by atoms with Gasteiger partial charge in [0.1, 0.15) is 0 Å². The van der Waals surface area contributed by atoms with E-state index in [1.54, 1.807) is 0 Å². The van der Waals surface area contributed by atoms with Gasteiger partial charge >= 0.3 is 191 Å². The van der Waals surface area contributed by atoms with Crippen LogP contribution in [0.15, 0.2) is 60.7 Å². The first-order chi connectivity index (χ1) is 15.4. The zero-order valence-electron chi connectivity index (χ0n) is 19.6.